The van der Waals surface area contributed by atoms with E-state index in [0.29, 0.717) is 0 Å². The number of hydrogen-bond acceptors (Lipinski definition) is 6. The Hall–Kier alpha value is -3.48. The fraction of sp³-hybridized carbons (Fsp3) is 0.158. The van der Waals surface area contributed by atoms with Crippen molar-refractivity contribution in [3.8, 4) is 0 Å². The summed E-state index contributed by atoms with van der Waals surface area (Å²) in [6.07, 6.45) is 1.87. The summed E-state index contributed by atoms with van der Waals surface area (Å²) in [5, 5.41) is 15.1. The molecule has 1 aliphatic rings. The van der Waals surface area contributed by atoms with Gasteiger partial charge in [-0.15, -0.1) is 0 Å². The summed E-state index contributed by atoms with van der Waals surface area (Å²) in [6.45, 7) is 1.96. The van der Waals surface area contributed by atoms with E-state index < -0.39 is 16.8 Å². The number of esters is 1. The normalized spacial score (nSPS) is 16.1. The predicted molar refractivity (Wildman–Crippen MR) is 97.5 cm³/mol. The third-order valence-corrected chi connectivity index (χ3v) is 3.96. The minimum Gasteiger partial charge on any atom is -0.461 e. The molecule has 132 valence electrons. The van der Waals surface area contributed by atoms with Crippen LogP contribution in [-0.2, 0) is 9.53 Å². The average Bonchev–Trinajstić information content (AvgIpc) is 2.68. The van der Waals surface area contributed by atoms with Gasteiger partial charge in [-0.05, 0) is 24.1 Å². The van der Waals surface area contributed by atoms with Crippen LogP contribution in [0.4, 0.5) is 5.69 Å². The number of benzene rings is 2. The first-order chi connectivity index (χ1) is 12.6. The summed E-state index contributed by atoms with van der Waals surface area (Å²) in [5.41, 5.74) is 5.49. The Morgan fingerprint density at radius 1 is 1.19 bits per heavy atom. The van der Waals surface area contributed by atoms with Crippen LogP contribution in [-0.4, -0.2) is 23.2 Å². The molecule has 0 spiro atoms. The molecule has 7 nitrogen and oxygen atoms in total. The van der Waals surface area contributed by atoms with Crippen LogP contribution in [0, 0.1) is 10.1 Å². The van der Waals surface area contributed by atoms with Gasteiger partial charge in [-0.1, -0.05) is 42.5 Å². The highest BCUT2D eigenvalue weighted by Gasteiger charge is 2.28. The number of nitro benzene ring substituents is 1. The van der Waals surface area contributed by atoms with Crippen molar-refractivity contribution in [1.82, 2.24) is 5.43 Å². The Labute approximate surface area is 150 Å². The smallest absolute Gasteiger partial charge is 0.355 e. The number of nitrogens with one attached hydrogen (secondary N) is 1. The van der Waals surface area contributed by atoms with Crippen molar-refractivity contribution in [2.24, 2.45) is 5.10 Å². The molecule has 7 heteroatoms. The summed E-state index contributed by atoms with van der Waals surface area (Å²) in [7, 11) is 0. The molecule has 1 unspecified atom stereocenters. The first-order valence-electron chi connectivity index (χ1n) is 8.12. The maximum atomic E-state index is 12.3. The van der Waals surface area contributed by atoms with Gasteiger partial charge in [0, 0.05) is 12.1 Å². The lowest BCUT2D eigenvalue weighted by atomic mass is 9.90. The lowest BCUT2D eigenvalue weighted by molar-refractivity contribution is -0.384. The molecule has 2 aromatic carbocycles. The van der Waals surface area contributed by atoms with Crippen LogP contribution in [0.15, 0.2) is 65.8 Å². The van der Waals surface area contributed by atoms with Gasteiger partial charge in [0.2, 0.25) is 0 Å². The van der Waals surface area contributed by atoms with E-state index in [1.165, 1.54) is 12.1 Å². The second-order valence-electron chi connectivity index (χ2n) is 5.60. The molecule has 0 saturated carbocycles. The average molecular weight is 351 g/mol. The fourth-order valence-electron chi connectivity index (χ4n) is 2.69. The number of hydrazone groups is 1. The van der Waals surface area contributed by atoms with E-state index in [4.69, 9.17) is 4.74 Å². The van der Waals surface area contributed by atoms with Gasteiger partial charge >= 0.3 is 5.97 Å². The Balaban J connectivity index is 1.99. The standard InChI is InChI=1S/C19H17N3O4/c1-2-26-19(23)18-16(13-8-10-15(11-9-13)22(24)25)12-17(20-21-18)14-6-4-3-5-7-14/h3-12,16,20H,2H2,1H3. The zero-order valence-electron chi connectivity index (χ0n) is 14.1. The van der Waals surface area contributed by atoms with E-state index in [1.54, 1.807) is 19.1 Å². The summed E-state index contributed by atoms with van der Waals surface area (Å²) >= 11 is 0. The number of allylic oxidation sites excluding steroid dienone is 1. The molecule has 0 bridgehead atoms. The molecule has 0 amide bonds. The summed E-state index contributed by atoms with van der Waals surface area (Å²) < 4.78 is 5.09. The second kappa shape index (κ2) is 7.60. The van der Waals surface area contributed by atoms with Gasteiger partial charge < -0.3 is 4.74 Å². The van der Waals surface area contributed by atoms with Crippen LogP contribution < -0.4 is 5.43 Å². The van der Waals surface area contributed by atoms with Crippen LogP contribution in [0.5, 0.6) is 0 Å². The molecule has 1 heterocycles. The van der Waals surface area contributed by atoms with Crippen LogP contribution in [0.3, 0.4) is 0 Å². The molecule has 0 radical (unpaired) electrons. The van der Waals surface area contributed by atoms with Crippen molar-refractivity contribution in [3.63, 3.8) is 0 Å². The monoisotopic (exact) mass is 351 g/mol. The summed E-state index contributed by atoms with van der Waals surface area (Å²) in [4.78, 5) is 22.7. The van der Waals surface area contributed by atoms with E-state index >= 15 is 0 Å². The number of carbonyl (C=O) groups excluding carboxylic acids is 1. The van der Waals surface area contributed by atoms with Crippen molar-refractivity contribution in [1.29, 1.82) is 0 Å². The first-order valence-corrected chi connectivity index (χ1v) is 8.12. The fourth-order valence-corrected chi connectivity index (χ4v) is 2.69. The van der Waals surface area contributed by atoms with Gasteiger partial charge in [0.1, 0.15) is 0 Å². The lowest BCUT2D eigenvalue weighted by Crippen LogP contribution is -2.30. The highest BCUT2D eigenvalue weighted by Crippen LogP contribution is 2.28. The molecular formula is C19H17N3O4. The van der Waals surface area contributed by atoms with Gasteiger partial charge in [0.25, 0.3) is 5.69 Å². The minimum atomic E-state index is -0.522. The molecule has 2 aromatic rings. The van der Waals surface area contributed by atoms with E-state index in [0.717, 1.165) is 16.8 Å². The largest absolute Gasteiger partial charge is 0.461 e. The van der Waals surface area contributed by atoms with E-state index in [-0.39, 0.29) is 18.0 Å². The molecule has 0 fully saturated rings. The van der Waals surface area contributed by atoms with Gasteiger partial charge in [0.15, 0.2) is 5.71 Å². The number of nitrogens with zero attached hydrogens (tertiary/aromatic N) is 2. The Morgan fingerprint density at radius 3 is 2.50 bits per heavy atom. The zero-order chi connectivity index (χ0) is 18.5. The molecule has 0 saturated heterocycles. The topological polar surface area (TPSA) is 93.8 Å². The summed E-state index contributed by atoms with van der Waals surface area (Å²) in [5.74, 6) is -0.988. The highest BCUT2D eigenvalue weighted by atomic mass is 16.6. The quantitative estimate of drug-likeness (QED) is 0.507. The predicted octanol–water partition coefficient (Wildman–Crippen LogP) is 3.24. The maximum Gasteiger partial charge on any atom is 0.355 e. The van der Waals surface area contributed by atoms with Crippen LogP contribution >= 0.6 is 0 Å². The number of non-ortho nitro benzene ring substituents is 1. The molecule has 1 aliphatic heterocycles. The zero-order valence-corrected chi connectivity index (χ0v) is 14.1. The van der Waals surface area contributed by atoms with Gasteiger partial charge in [-0.25, -0.2) is 4.79 Å². The molecule has 0 aromatic heterocycles. The minimum absolute atomic E-state index is 0.00966. The van der Waals surface area contributed by atoms with Gasteiger partial charge in [0.05, 0.1) is 23.1 Å². The first kappa shape index (κ1) is 17.3. The molecule has 0 aliphatic carbocycles. The molecule has 1 atom stereocenters. The second-order valence-corrected chi connectivity index (χ2v) is 5.60. The highest BCUT2D eigenvalue weighted by molar-refractivity contribution is 6.39. The van der Waals surface area contributed by atoms with Crippen LogP contribution in [0.2, 0.25) is 0 Å². The third-order valence-electron chi connectivity index (χ3n) is 3.96. The van der Waals surface area contributed by atoms with Gasteiger partial charge in [-0.3, -0.25) is 15.5 Å². The molecular weight excluding hydrogens is 334 g/mol. The Kier molecular flexibility index (Phi) is 5.07. The molecule has 1 N–H and O–H groups in total. The summed E-state index contributed by atoms with van der Waals surface area (Å²) in [6, 6.07) is 15.7. The molecule has 26 heavy (non-hydrogen) atoms. The third kappa shape index (κ3) is 3.61. The van der Waals surface area contributed by atoms with E-state index in [9.17, 15) is 14.9 Å². The number of ether oxygens (including phenoxy) is 1. The maximum absolute atomic E-state index is 12.3. The van der Waals surface area contributed by atoms with Crippen molar-refractivity contribution in [2.75, 3.05) is 6.61 Å². The van der Waals surface area contributed by atoms with Crippen LogP contribution in [0.1, 0.15) is 24.0 Å². The van der Waals surface area contributed by atoms with Crippen molar-refractivity contribution in [3.05, 3.63) is 81.9 Å². The Bertz CT molecular complexity index is 873. The SMILES string of the molecule is CCOC(=O)C1=NNC(c2ccccc2)=CC1c1ccc([N+](=O)[O-])cc1. The van der Waals surface area contributed by atoms with E-state index in [1.807, 2.05) is 36.4 Å². The van der Waals surface area contributed by atoms with Crippen molar-refractivity contribution < 1.29 is 14.5 Å². The van der Waals surface area contributed by atoms with Gasteiger partial charge in [-0.2, -0.15) is 5.10 Å². The lowest BCUT2D eigenvalue weighted by Gasteiger charge is -2.22. The number of hydrogen-bond donors (Lipinski definition) is 1. The molecule has 3 rings (SSSR count). The van der Waals surface area contributed by atoms with E-state index in [2.05, 4.69) is 10.5 Å². The van der Waals surface area contributed by atoms with Crippen LogP contribution in [0.25, 0.3) is 5.70 Å². The number of rotatable bonds is 5. The van der Waals surface area contributed by atoms with Crippen molar-refractivity contribution in [2.45, 2.75) is 12.8 Å². The van der Waals surface area contributed by atoms with Crippen molar-refractivity contribution >= 4 is 23.1 Å². The number of carbonyl (C=O) groups is 1. The Morgan fingerprint density at radius 2 is 1.88 bits per heavy atom. The number of nitro groups is 1.